The summed E-state index contributed by atoms with van der Waals surface area (Å²) in [6.45, 7) is 8.80. The molecule has 32 heavy (non-hydrogen) atoms. The van der Waals surface area contributed by atoms with Gasteiger partial charge in [0.25, 0.3) is 0 Å². The van der Waals surface area contributed by atoms with E-state index in [0.29, 0.717) is 14.3 Å². The van der Waals surface area contributed by atoms with E-state index in [1.165, 1.54) is 116 Å². The number of hydrogen-bond acceptors (Lipinski definition) is 1. The molecule has 0 fully saturated rings. The molecule has 0 aromatic rings. The van der Waals surface area contributed by atoms with Gasteiger partial charge >= 0.3 is 5.97 Å². The Morgan fingerprint density at radius 1 is 0.500 bits per heavy atom. The van der Waals surface area contributed by atoms with E-state index < -0.39 is 5.97 Å². The topological polar surface area (TPSA) is 37.3 Å². The largest absolute Gasteiger partial charge is 0.481 e. The summed E-state index contributed by atoms with van der Waals surface area (Å²) in [6.07, 6.45) is 32.3. The lowest BCUT2D eigenvalue weighted by Crippen LogP contribution is -1.97. The van der Waals surface area contributed by atoms with Crippen molar-refractivity contribution < 1.29 is 9.90 Å². The summed E-state index contributed by atoms with van der Waals surface area (Å²) in [7, 11) is 0.366. The fraction of sp³-hybridized carbons (Fsp3) is 0.964. The molecule has 0 bridgehead atoms. The Kier molecular flexibility index (Phi) is 38.6. The van der Waals surface area contributed by atoms with Gasteiger partial charge in [-0.2, -0.15) is 9.90 Å². The quantitative estimate of drug-likeness (QED) is 0.114. The number of aliphatic carboxylic acids is 1. The number of carboxylic acids is 1. The van der Waals surface area contributed by atoms with Crippen molar-refractivity contribution in [1.82, 2.24) is 0 Å². The Bertz CT molecular complexity index is 299. The Balaban J connectivity index is -0.00000105. The first-order valence-corrected chi connectivity index (χ1v) is 16.0. The van der Waals surface area contributed by atoms with Crippen molar-refractivity contribution >= 4 is 23.8 Å². The minimum Gasteiger partial charge on any atom is -0.481 e. The first-order valence-electron chi connectivity index (χ1n) is 14.1. The maximum absolute atomic E-state index is 9.60. The monoisotopic (exact) mass is 492 g/mol. The molecule has 0 aromatic heterocycles. The lowest BCUT2D eigenvalue weighted by Gasteiger charge is -2.18. The third-order valence-electron chi connectivity index (χ3n) is 5.95. The predicted octanol–water partition coefficient (Wildman–Crippen LogP) is 10.5. The van der Waals surface area contributed by atoms with Gasteiger partial charge in [-0.25, -0.2) is 0 Å². The van der Waals surface area contributed by atoms with Crippen LogP contribution in [0.1, 0.15) is 156 Å². The van der Waals surface area contributed by atoms with Gasteiger partial charge in [0.2, 0.25) is 0 Å². The SMILES string of the molecule is CCCC(=O)O.CCCCCCCCP(CCCCCCCC)CCCCCCCC.P. The normalized spacial score (nSPS) is 10.5. The molecule has 0 aliphatic rings. The van der Waals surface area contributed by atoms with E-state index >= 15 is 0 Å². The van der Waals surface area contributed by atoms with Crippen LogP contribution < -0.4 is 0 Å². The molecule has 0 aliphatic carbocycles. The highest BCUT2D eigenvalue weighted by Crippen LogP contribution is 2.39. The average Bonchev–Trinajstić information content (AvgIpc) is 2.75. The lowest BCUT2D eigenvalue weighted by atomic mass is 10.1. The van der Waals surface area contributed by atoms with Crippen LogP contribution in [-0.2, 0) is 4.79 Å². The van der Waals surface area contributed by atoms with Crippen LogP contribution in [0.3, 0.4) is 0 Å². The number of carboxylic acid groups (broad SMARTS) is 1. The molecule has 0 aromatic carbocycles. The van der Waals surface area contributed by atoms with Gasteiger partial charge in [-0.15, -0.1) is 7.92 Å². The molecule has 0 spiro atoms. The number of rotatable bonds is 23. The summed E-state index contributed by atoms with van der Waals surface area (Å²) < 4.78 is 0. The van der Waals surface area contributed by atoms with Crippen molar-refractivity contribution in [3.63, 3.8) is 0 Å². The summed E-state index contributed by atoms with van der Waals surface area (Å²) in [4.78, 5) is 9.60. The van der Waals surface area contributed by atoms with Gasteiger partial charge in [0.05, 0.1) is 0 Å². The Morgan fingerprint density at radius 2 is 0.781 bits per heavy atom. The molecule has 0 radical (unpaired) electrons. The number of unbranched alkanes of at least 4 members (excludes halogenated alkanes) is 15. The molecule has 4 heteroatoms. The predicted molar refractivity (Wildman–Crippen MR) is 155 cm³/mol. The zero-order chi connectivity index (χ0) is 23.4. The van der Waals surface area contributed by atoms with E-state index in [1.54, 1.807) is 18.5 Å². The van der Waals surface area contributed by atoms with Gasteiger partial charge < -0.3 is 5.11 Å². The fourth-order valence-corrected chi connectivity index (χ4v) is 6.58. The smallest absolute Gasteiger partial charge is 0.303 e. The Morgan fingerprint density at radius 3 is 1.00 bits per heavy atom. The van der Waals surface area contributed by atoms with Crippen LogP contribution in [0.5, 0.6) is 0 Å². The van der Waals surface area contributed by atoms with Crippen molar-refractivity contribution in [3.05, 3.63) is 0 Å². The maximum Gasteiger partial charge on any atom is 0.303 e. The second-order valence-corrected chi connectivity index (χ2v) is 12.0. The minimum absolute atomic E-state index is 0. The van der Waals surface area contributed by atoms with Crippen LogP contribution in [0.4, 0.5) is 0 Å². The Labute approximate surface area is 208 Å². The van der Waals surface area contributed by atoms with E-state index in [0.717, 1.165) is 6.42 Å². The Hall–Kier alpha value is 0.330. The third-order valence-corrected chi connectivity index (χ3v) is 8.79. The first kappa shape index (κ1) is 36.9. The molecule has 0 saturated carbocycles. The van der Waals surface area contributed by atoms with Crippen molar-refractivity contribution in [3.8, 4) is 0 Å². The third kappa shape index (κ3) is 34.9. The van der Waals surface area contributed by atoms with Crippen LogP contribution in [0.25, 0.3) is 0 Å². The number of hydrogen-bond donors (Lipinski definition) is 1. The molecule has 1 unspecified atom stereocenters. The molecule has 2 nitrogen and oxygen atoms in total. The average molecular weight is 493 g/mol. The van der Waals surface area contributed by atoms with E-state index in [9.17, 15) is 4.79 Å². The van der Waals surface area contributed by atoms with Crippen LogP contribution in [0.15, 0.2) is 0 Å². The minimum atomic E-state index is -0.711. The van der Waals surface area contributed by atoms with Crippen LogP contribution in [0, 0.1) is 0 Å². The zero-order valence-corrected chi connectivity index (χ0v) is 25.1. The second-order valence-electron chi connectivity index (χ2n) is 9.29. The molecule has 0 saturated heterocycles. The van der Waals surface area contributed by atoms with Crippen molar-refractivity contribution in [2.75, 3.05) is 18.5 Å². The van der Waals surface area contributed by atoms with E-state index in [-0.39, 0.29) is 9.90 Å². The second kappa shape index (κ2) is 33.5. The first-order chi connectivity index (χ1) is 15.1. The number of carbonyl (C=O) groups is 1. The van der Waals surface area contributed by atoms with Crippen LogP contribution >= 0.6 is 17.8 Å². The zero-order valence-electron chi connectivity index (χ0n) is 22.8. The van der Waals surface area contributed by atoms with Gasteiger partial charge in [0.15, 0.2) is 0 Å². The fourth-order valence-electron chi connectivity index (χ4n) is 3.90. The van der Waals surface area contributed by atoms with Gasteiger partial charge in [0, 0.05) is 6.42 Å². The van der Waals surface area contributed by atoms with Crippen LogP contribution in [-0.4, -0.2) is 29.6 Å². The van der Waals surface area contributed by atoms with Gasteiger partial charge in [-0.3, -0.25) is 4.79 Å². The highest BCUT2D eigenvalue weighted by molar-refractivity contribution is 7.57. The summed E-state index contributed by atoms with van der Waals surface area (Å²) >= 11 is 0. The molecule has 0 heterocycles. The maximum atomic E-state index is 9.60. The molecule has 0 rings (SSSR count). The molecular formula is C28H62O2P2. The summed E-state index contributed by atoms with van der Waals surface area (Å²) in [5.41, 5.74) is 0. The molecule has 1 atom stereocenters. The highest BCUT2D eigenvalue weighted by atomic mass is 31.1. The molecular weight excluding hydrogens is 430 g/mol. The summed E-state index contributed by atoms with van der Waals surface area (Å²) in [6, 6.07) is 0. The van der Waals surface area contributed by atoms with E-state index in [1.807, 2.05) is 6.92 Å². The van der Waals surface area contributed by atoms with Crippen molar-refractivity contribution in [1.29, 1.82) is 0 Å². The van der Waals surface area contributed by atoms with E-state index in [2.05, 4.69) is 20.8 Å². The molecule has 1 N–H and O–H groups in total. The molecule has 0 amide bonds. The summed E-state index contributed by atoms with van der Waals surface area (Å²) in [5.74, 6) is -0.711. The lowest BCUT2D eigenvalue weighted by molar-refractivity contribution is -0.137. The van der Waals surface area contributed by atoms with Gasteiger partial charge in [-0.05, 0) is 44.2 Å². The standard InChI is InChI=1S/C24H51P.C4H8O2.H3P/c1-4-7-10-13-16-19-22-25(23-20-17-14-11-8-5-2)24-21-18-15-12-9-6-3;1-2-3-4(5)6;/h4-24H2,1-3H3;2-3H2,1H3,(H,5,6);1H3. The van der Waals surface area contributed by atoms with Crippen molar-refractivity contribution in [2.45, 2.75) is 156 Å². The van der Waals surface area contributed by atoms with Crippen LogP contribution in [0.2, 0.25) is 0 Å². The molecule has 0 aliphatic heterocycles. The molecule has 196 valence electrons. The summed E-state index contributed by atoms with van der Waals surface area (Å²) in [5, 5.41) is 7.91. The van der Waals surface area contributed by atoms with Gasteiger partial charge in [-0.1, -0.05) is 124 Å². The van der Waals surface area contributed by atoms with Crippen molar-refractivity contribution in [2.24, 2.45) is 0 Å². The highest BCUT2D eigenvalue weighted by Gasteiger charge is 2.07. The van der Waals surface area contributed by atoms with E-state index in [4.69, 9.17) is 5.11 Å². The van der Waals surface area contributed by atoms with Gasteiger partial charge in [0.1, 0.15) is 0 Å².